The van der Waals surface area contributed by atoms with Crippen molar-refractivity contribution in [2.75, 3.05) is 36.4 Å². The first kappa shape index (κ1) is 22.5. The molecule has 0 saturated carbocycles. The van der Waals surface area contributed by atoms with Crippen molar-refractivity contribution in [2.45, 2.75) is 6.54 Å². The zero-order chi connectivity index (χ0) is 21.5. The number of benzene rings is 1. The molecular weight excluding hydrogens is 492 g/mol. The summed E-state index contributed by atoms with van der Waals surface area (Å²) >= 11 is 0. The molecule has 0 spiro atoms. The van der Waals surface area contributed by atoms with Gasteiger partial charge in [-0.3, -0.25) is 4.79 Å². The molecule has 2 aliphatic heterocycles. The van der Waals surface area contributed by atoms with Crippen molar-refractivity contribution in [3.8, 4) is 11.3 Å². The van der Waals surface area contributed by atoms with Crippen LogP contribution in [0.25, 0.3) is 22.2 Å². The molecule has 1 amide bonds. The number of rotatable bonds is 4. The predicted octanol–water partition coefficient (Wildman–Crippen LogP) is -0.629. The van der Waals surface area contributed by atoms with Crippen molar-refractivity contribution < 1.29 is 63.0 Å². The van der Waals surface area contributed by atoms with Gasteiger partial charge in [0.15, 0.2) is 11.5 Å². The fourth-order valence-electron chi connectivity index (χ4n) is 4.11. The number of nitrogens with zero attached hydrogens (tertiary/aromatic N) is 7. The van der Waals surface area contributed by atoms with Crippen LogP contribution >= 0.6 is 0 Å². The van der Waals surface area contributed by atoms with E-state index >= 15 is 0 Å². The standard InChI is InChI=1S/C22H20N9O.Rb/c32-22-17-3-1-14(9-15(17)10-26-22)18-12-25-20(21-27-13-28-31(18)21)29-16-2-4-19(24-11-16)30-7-5-23-6-8-30;/h1-4,9,11-13H,5-8,10H2,(H,25,29)(H,26,32);/q-1;+1. The molecule has 2 N–H and O–H groups in total. The van der Waals surface area contributed by atoms with E-state index in [-0.39, 0.29) is 64.1 Å². The quantitative estimate of drug-likeness (QED) is 0.375. The van der Waals surface area contributed by atoms with E-state index in [0.717, 1.165) is 54.5 Å². The van der Waals surface area contributed by atoms with Crippen LogP contribution in [0.4, 0.5) is 17.3 Å². The number of nitrogens with one attached hydrogen (secondary N) is 2. The van der Waals surface area contributed by atoms with E-state index in [2.05, 4.69) is 40.9 Å². The summed E-state index contributed by atoms with van der Waals surface area (Å²) in [5, 5.41) is 14.9. The summed E-state index contributed by atoms with van der Waals surface area (Å²) in [6.45, 7) is 4.02. The van der Waals surface area contributed by atoms with E-state index in [9.17, 15) is 4.79 Å². The van der Waals surface area contributed by atoms with E-state index in [0.29, 0.717) is 23.6 Å². The summed E-state index contributed by atoms with van der Waals surface area (Å²) in [5.74, 6) is 1.51. The molecule has 0 bridgehead atoms. The van der Waals surface area contributed by atoms with E-state index in [1.807, 2.05) is 30.3 Å². The molecule has 3 aromatic heterocycles. The third kappa shape index (κ3) is 4.33. The number of amides is 1. The smallest absolute Gasteiger partial charge is 0.659 e. The first-order valence-electron chi connectivity index (χ1n) is 10.5. The Labute approximate surface area is 239 Å². The minimum absolute atomic E-state index is 0. The number of hydrogen-bond acceptors (Lipinski definition) is 7. The Bertz CT molecular complexity index is 1320. The van der Waals surface area contributed by atoms with Gasteiger partial charge in [-0.05, 0) is 29.8 Å². The maximum atomic E-state index is 11.8. The van der Waals surface area contributed by atoms with E-state index in [4.69, 9.17) is 0 Å². The number of piperazine rings is 1. The van der Waals surface area contributed by atoms with Crippen LogP contribution in [0.1, 0.15) is 15.9 Å². The van der Waals surface area contributed by atoms with Gasteiger partial charge in [-0.1, -0.05) is 6.07 Å². The summed E-state index contributed by atoms with van der Waals surface area (Å²) < 4.78 is 1.75. The molecule has 0 atom stereocenters. The maximum absolute atomic E-state index is 11.8. The summed E-state index contributed by atoms with van der Waals surface area (Å²) in [7, 11) is 0. The number of hydrogen-bond donors (Lipinski definition) is 2. The van der Waals surface area contributed by atoms with Gasteiger partial charge < -0.3 is 20.9 Å². The number of aromatic nitrogens is 5. The third-order valence-electron chi connectivity index (χ3n) is 5.78. The average molecular weight is 512 g/mol. The van der Waals surface area contributed by atoms with Gasteiger partial charge in [0, 0.05) is 30.8 Å². The molecule has 10 nitrogen and oxygen atoms in total. The Hall–Kier alpha value is -2.24. The summed E-state index contributed by atoms with van der Waals surface area (Å²) in [4.78, 5) is 27.7. The summed E-state index contributed by atoms with van der Waals surface area (Å²) in [5.41, 5.74) is 4.84. The number of anilines is 3. The van der Waals surface area contributed by atoms with Crippen LogP contribution in [0.3, 0.4) is 0 Å². The maximum Gasteiger partial charge on any atom is 1.00 e. The first-order valence-corrected chi connectivity index (χ1v) is 10.5. The second-order valence-corrected chi connectivity index (χ2v) is 7.73. The second-order valence-electron chi connectivity index (χ2n) is 7.73. The zero-order valence-electron chi connectivity index (χ0n) is 18.2. The molecule has 0 unspecified atom stereocenters. The fraction of sp³-hybridized carbons (Fsp3) is 0.227. The van der Waals surface area contributed by atoms with Crippen LogP contribution in [0.2, 0.25) is 0 Å². The van der Waals surface area contributed by atoms with Crippen LogP contribution in [0.15, 0.2) is 49.1 Å². The molecular formula is C22H20N9ORb. The Morgan fingerprint density at radius 1 is 1.03 bits per heavy atom. The third-order valence-corrected chi connectivity index (χ3v) is 5.78. The van der Waals surface area contributed by atoms with Gasteiger partial charge in [0.1, 0.15) is 12.1 Å². The largest absolute Gasteiger partial charge is 1.00 e. The van der Waals surface area contributed by atoms with Gasteiger partial charge in [0.05, 0.1) is 23.8 Å². The Balaban J connectivity index is 0.00000228. The first-order chi connectivity index (χ1) is 15.8. The molecule has 1 aromatic carbocycles. The molecule has 1 saturated heterocycles. The molecule has 5 heterocycles. The van der Waals surface area contributed by atoms with Crippen molar-refractivity contribution in [1.29, 1.82) is 0 Å². The van der Waals surface area contributed by atoms with Crippen molar-refractivity contribution >= 4 is 28.9 Å². The van der Waals surface area contributed by atoms with E-state index < -0.39 is 0 Å². The number of pyridine rings is 1. The SMILES string of the molecule is O=C1NCc2cc(-c3cnc(Nc4ccc(N5CC[N-]CC5)nc4)c4ncnn34)ccc21.[Rb+]. The van der Waals surface area contributed by atoms with Gasteiger partial charge in [-0.15, -0.1) is 13.1 Å². The molecule has 2 aliphatic rings. The van der Waals surface area contributed by atoms with Crippen LogP contribution in [-0.4, -0.2) is 56.7 Å². The molecule has 4 aromatic rings. The van der Waals surface area contributed by atoms with Crippen LogP contribution in [0, 0.1) is 0 Å². The monoisotopic (exact) mass is 511 g/mol. The average Bonchev–Trinajstić information content (AvgIpc) is 3.48. The molecule has 11 heteroatoms. The topological polar surface area (TPSA) is 114 Å². The van der Waals surface area contributed by atoms with Crippen LogP contribution in [-0.2, 0) is 6.54 Å². The number of carbonyl (C=O) groups excluding carboxylic acids is 1. The van der Waals surface area contributed by atoms with Crippen molar-refractivity contribution in [3.63, 3.8) is 0 Å². The van der Waals surface area contributed by atoms with Crippen molar-refractivity contribution in [1.82, 2.24) is 29.9 Å². The summed E-state index contributed by atoms with van der Waals surface area (Å²) in [6.07, 6.45) is 5.07. The number of fused-ring (bicyclic) bond motifs is 2. The van der Waals surface area contributed by atoms with E-state index in [1.54, 1.807) is 16.9 Å². The van der Waals surface area contributed by atoms with Crippen LogP contribution in [0.5, 0.6) is 0 Å². The Morgan fingerprint density at radius 2 is 1.91 bits per heavy atom. The summed E-state index contributed by atoms with van der Waals surface area (Å²) in [6, 6.07) is 9.73. The normalized spacial score (nSPS) is 15.2. The van der Waals surface area contributed by atoms with Gasteiger partial charge in [-0.25, -0.2) is 19.5 Å². The minimum atomic E-state index is -0.0370. The van der Waals surface area contributed by atoms with E-state index in [1.165, 1.54) is 6.33 Å². The predicted molar refractivity (Wildman–Crippen MR) is 120 cm³/mol. The van der Waals surface area contributed by atoms with Gasteiger partial charge in [0.2, 0.25) is 0 Å². The van der Waals surface area contributed by atoms with Crippen LogP contribution < -0.4 is 73.7 Å². The van der Waals surface area contributed by atoms with Gasteiger partial charge in [0.25, 0.3) is 5.91 Å². The van der Waals surface area contributed by atoms with Crippen molar-refractivity contribution in [2.24, 2.45) is 0 Å². The molecule has 6 rings (SSSR count). The number of carbonyl (C=O) groups is 1. The van der Waals surface area contributed by atoms with Gasteiger partial charge >= 0.3 is 58.2 Å². The fourth-order valence-corrected chi connectivity index (χ4v) is 4.11. The Kier molecular flexibility index (Phi) is 6.52. The second kappa shape index (κ2) is 9.55. The molecule has 33 heavy (non-hydrogen) atoms. The van der Waals surface area contributed by atoms with Crippen molar-refractivity contribution in [3.05, 3.63) is 65.5 Å². The zero-order valence-corrected chi connectivity index (χ0v) is 23.1. The Morgan fingerprint density at radius 3 is 2.73 bits per heavy atom. The molecule has 160 valence electrons. The molecule has 1 fully saturated rings. The van der Waals surface area contributed by atoms with Gasteiger partial charge in [-0.2, -0.15) is 5.10 Å². The minimum Gasteiger partial charge on any atom is -0.659 e. The molecule has 0 aliphatic carbocycles. The molecule has 0 radical (unpaired) electrons.